The number of aromatic nitrogens is 3. The summed E-state index contributed by atoms with van der Waals surface area (Å²) in [6.45, 7) is 4.50. The summed E-state index contributed by atoms with van der Waals surface area (Å²) in [6, 6.07) is 11.6. The van der Waals surface area contributed by atoms with Gasteiger partial charge >= 0.3 is 6.03 Å². The molecule has 6 heteroatoms. The molecule has 25 heavy (non-hydrogen) atoms. The van der Waals surface area contributed by atoms with E-state index < -0.39 is 0 Å². The quantitative estimate of drug-likeness (QED) is 0.752. The Labute approximate surface area is 146 Å². The largest absolute Gasteiger partial charge is 0.338 e. The zero-order chi connectivity index (χ0) is 17.6. The molecule has 0 spiro atoms. The molecule has 128 valence electrons. The van der Waals surface area contributed by atoms with Crippen molar-refractivity contribution in [1.82, 2.24) is 20.1 Å². The molecule has 0 aliphatic carbocycles. The van der Waals surface area contributed by atoms with Crippen LogP contribution in [0.1, 0.15) is 16.8 Å². The van der Waals surface area contributed by atoms with Gasteiger partial charge in [-0.25, -0.2) is 9.48 Å². The Hall–Kier alpha value is -3.15. The number of pyridine rings is 1. The molecule has 0 unspecified atom stereocenters. The second-order valence-electron chi connectivity index (χ2n) is 5.82. The molecule has 0 bridgehead atoms. The molecule has 3 rings (SSSR count). The van der Waals surface area contributed by atoms with Crippen molar-refractivity contribution in [2.24, 2.45) is 0 Å². The molecular formula is C19H21N5O. The molecule has 2 heterocycles. The third kappa shape index (κ3) is 4.03. The van der Waals surface area contributed by atoms with Gasteiger partial charge in [-0.2, -0.15) is 5.10 Å². The number of rotatable bonds is 5. The highest BCUT2D eigenvalue weighted by molar-refractivity contribution is 5.89. The first-order chi connectivity index (χ1) is 12.1. The van der Waals surface area contributed by atoms with Crippen molar-refractivity contribution >= 4 is 11.7 Å². The van der Waals surface area contributed by atoms with E-state index in [1.807, 2.05) is 56.4 Å². The smallest absolute Gasteiger partial charge is 0.319 e. The minimum atomic E-state index is -0.234. The van der Waals surface area contributed by atoms with Gasteiger partial charge in [-0.05, 0) is 49.6 Å². The zero-order valence-corrected chi connectivity index (χ0v) is 14.4. The summed E-state index contributed by atoms with van der Waals surface area (Å²) < 4.78 is 1.80. The number of amides is 2. The predicted molar refractivity (Wildman–Crippen MR) is 98.0 cm³/mol. The summed E-state index contributed by atoms with van der Waals surface area (Å²) in [6.07, 6.45) is 6.03. The molecule has 2 N–H and O–H groups in total. The molecule has 3 aromatic rings. The lowest BCUT2D eigenvalue weighted by molar-refractivity contribution is 0.252. The monoisotopic (exact) mass is 335 g/mol. The fourth-order valence-electron chi connectivity index (χ4n) is 2.62. The van der Waals surface area contributed by atoms with Gasteiger partial charge in [0, 0.05) is 18.9 Å². The summed E-state index contributed by atoms with van der Waals surface area (Å²) in [5, 5.41) is 10.1. The van der Waals surface area contributed by atoms with Crippen LogP contribution in [0.25, 0.3) is 5.69 Å². The second kappa shape index (κ2) is 7.61. The number of hydrogen-bond donors (Lipinski definition) is 2. The summed E-state index contributed by atoms with van der Waals surface area (Å²) in [5.74, 6) is 0. The summed E-state index contributed by atoms with van der Waals surface area (Å²) >= 11 is 0. The van der Waals surface area contributed by atoms with E-state index in [1.165, 1.54) is 5.56 Å². The molecular weight excluding hydrogens is 314 g/mol. The van der Waals surface area contributed by atoms with E-state index in [9.17, 15) is 4.79 Å². The Morgan fingerprint density at radius 1 is 1.12 bits per heavy atom. The maximum atomic E-state index is 12.1. The van der Waals surface area contributed by atoms with Crippen LogP contribution in [0.2, 0.25) is 0 Å². The average molecular weight is 335 g/mol. The maximum Gasteiger partial charge on any atom is 0.319 e. The van der Waals surface area contributed by atoms with Crippen molar-refractivity contribution in [3.8, 4) is 5.69 Å². The molecule has 0 aliphatic heterocycles. The standard InChI is InChI=1S/C19H21N5O/c1-14-12-20-10-8-16(14)9-11-21-19(25)23-18-13-22-24(15(18)2)17-6-4-3-5-7-17/h3-8,10,12-13H,9,11H2,1-2H3,(H2,21,23,25). The number of aryl methyl sites for hydroxylation is 1. The molecule has 0 saturated heterocycles. The van der Waals surface area contributed by atoms with Gasteiger partial charge in [-0.1, -0.05) is 18.2 Å². The normalized spacial score (nSPS) is 10.5. The van der Waals surface area contributed by atoms with Crippen LogP contribution in [0.5, 0.6) is 0 Å². The number of anilines is 1. The van der Waals surface area contributed by atoms with Crippen molar-refractivity contribution in [1.29, 1.82) is 0 Å². The van der Waals surface area contributed by atoms with Crippen LogP contribution < -0.4 is 10.6 Å². The molecule has 0 fully saturated rings. The molecule has 0 atom stereocenters. The molecule has 0 saturated carbocycles. The first kappa shape index (κ1) is 16.7. The highest BCUT2D eigenvalue weighted by atomic mass is 16.2. The molecule has 6 nitrogen and oxygen atoms in total. The van der Waals surface area contributed by atoms with E-state index in [0.29, 0.717) is 12.2 Å². The summed E-state index contributed by atoms with van der Waals surface area (Å²) in [4.78, 5) is 16.2. The van der Waals surface area contributed by atoms with E-state index in [2.05, 4.69) is 20.7 Å². The van der Waals surface area contributed by atoms with Gasteiger partial charge in [0.1, 0.15) is 0 Å². The lowest BCUT2D eigenvalue weighted by atomic mass is 10.1. The van der Waals surface area contributed by atoms with Crippen molar-refractivity contribution < 1.29 is 4.79 Å². The Morgan fingerprint density at radius 2 is 1.92 bits per heavy atom. The average Bonchev–Trinajstić information content (AvgIpc) is 2.98. The SMILES string of the molecule is Cc1cnccc1CCNC(=O)Nc1cnn(-c2ccccc2)c1C. The maximum absolute atomic E-state index is 12.1. The van der Waals surface area contributed by atoms with Crippen molar-refractivity contribution in [3.63, 3.8) is 0 Å². The van der Waals surface area contributed by atoms with Gasteiger partial charge in [0.25, 0.3) is 0 Å². The first-order valence-corrected chi connectivity index (χ1v) is 8.19. The number of benzene rings is 1. The Morgan fingerprint density at radius 3 is 2.68 bits per heavy atom. The van der Waals surface area contributed by atoms with Gasteiger partial charge in [0.05, 0.1) is 23.3 Å². The van der Waals surface area contributed by atoms with Crippen LogP contribution in [0.3, 0.4) is 0 Å². The summed E-state index contributed by atoms with van der Waals surface area (Å²) in [5.41, 5.74) is 4.85. The predicted octanol–water partition coefficient (Wildman–Crippen LogP) is 3.25. The highest BCUT2D eigenvalue weighted by Crippen LogP contribution is 2.17. The van der Waals surface area contributed by atoms with Crippen LogP contribution in [0, 0.1) is 13.8 Å². The van der Waals surface area contributed by atoms with Crippen LogP contribution in [-0.4, -0.2) is 27.3 Å². The van der Waals surface area contributed by atoms with E-state index in [0.717, 1.165) is 23.4 Å². The zero-order valence-electron chi connectivity index (χ0n) is 14.4. The van der Waals surface area contributed by atoms with E-state index in [-0.39, 0.29) is 6.03 Å². The lowest BCUT2D eigenvalue weighted by Crippen LogP contribution is -2.30. The first-order valence-electron chi connectivity index (χ1n) is 8.19. The third-order valence-corrected chi connectivity index (χ3v) is 4.08. The van der Waals surface area contributed by atoms with Crippen LogP contribution in [0.4, 0.5) is 10.5 Å². The molecule has 2 aromatic heterocycles. The Bertz CT molecular complexity index is 857. The fraction of sp³-hybridized carbons (Fsp3) is 0.211. The van der Waals surface area contributed by atoms with Gasteiger partial charge in [0.15, 0.2) is 0 Å². The highest BCUT2D eigenvalue weighted by Gasteiger charge is 2.10. The van der Waals surface area contributed by atoms with Crippen LogP contribution in [-0.2, 0) is 6.42 Å². The fourth-order valence-corrected chi connectivity index (χ4v) is 2.62. The minimum Gasteiger partial charge on any atom is -0.338 e. The van der Waals surface area contributed by atoms with Gasteiger partial charge in [0.2, 0.25) is 0 Å². The van der Waals surface area contributed by atoms with E-state index in [1.54, 1.807) is 17.1 Å². The number of urea groups is 1. The number of nitrogens with one attached hydrogen (secondary N) is 2. The van der Waals surface area contributed by atoms with Crippen molar-refractivity contribution in [2.75, 3.05) is 11.9 Å². The Kier molecular flexibility index (Phi) is 5.09. The van der Waals surface area contributed by atoms with Gasteiger partial charge < -0.3 is 10.6 Å². The van der Waals surface area contributed by atoms with Gasteiger partial charge in [-0.15, -0.1) is 0 Å². The molecule has 1 aromatic carbocycles. The second-order valence-corrected chi connectivity index (χ2v) is 5.82. The van der Waals surface area contributed by atoms with Gasteiger partial charge in [-0.3, -0.25) is 4.98 Å². The molecule has 0 aliphatic rings. The topological polar surface area (TPSA) is 71.8 Å². The van der Waals surface area contributed by atoms with E-state index in [4.69, 9.17) is 0 Å². The number of nitrogens with zero attached hydrogens (tertiary/aromatic N) is 3. The number of carbonyl (C=O) groups excluding carboxylic acids is 1. The van der Waals surface area contributed by atoms with Crippen LogP contribution >= 0.6 is 0 Å². The molecule has 0 radical (unpaired) electrons. The lowest BCUT2D eigenvalue weighted by Gasteiger charge is -2.09. The van der Waals surface area contributed by atoms with E-state index >= 15 is 0 Å². The third-order valence-electron chi connectivity index (χ3n) is 4.08. The Balaban J connectivity index is 1.57. The van der Waals surface area contributed by atoms with Crippen molar-refractivity contribution in [3.05, 3.63) is 71.8 Å². The number of para-hydroxylation sites is 1. The number of hydrogen-bond acceptors (Lipinski definition) is 3. The number of carbonyl (C=O) groups is 1. The summed E-state index contributed by atoms with van der Waals surface area (Å²) in [7, 11) is 0. The van der Waals surface area contributed by atoms with Crippen LogP contribution in [0.15, 0.2) is 55.0 Å². The molecule has 2 amide bonds. The van der Waals surface area contributed by atoms with Crippen molar-refractivity contribution in [2.45, 2.75) is 20.3 Å². The minimum absolute atomic E-state index is 0.234.